The van der Waals surface area contributed by atoms with Gasteiger partial charge in [-0.15, -0.1) is 0 Å². The van der Waals surface area contributed by atoms with E-state index in [1.165, 1.54) is 4.90 Å². The summed E-state index contributed by atoms with van der Waals surface area (Å²) >= 11 is 0. The van der Waals surface area contributed by atoms with E-state index in [1.54, 1.807) is 27.7 Å². The molecule has 168 valence electrons. The Labute approximate surface area is 178 Å². The van der Waals surface area contributed by atoms with Crippen LogP contribution < -0.4 is 5.32 Å². The lowest BCUT2D eigenvalue weighted by molar-refractivity contribution is -0.144. The first-order chi connectivity index (χ1) is 14.2. The molecular weight excluding hydrogens is 388 g/mol. The number of ether oxygens (including phenoxy) is 3. The molecule has 8 nitrogen and oxygen atoms in total. The second-order valence-electron chi connectivity index (χ2n) is 7.76. The Kier molecular flexibility index (Phi) is 11.3. The van der Waals surface area contributed by atoms with Crippen LogP contribution in [0.25, 0.3) is 0 Å². The molecule has 0 fully saturated rings. The van der Waals surface area contributed by atoms with E-state index in [0.717, 1.165) is 18.4 Å². The minimum Gasteiger partial charge on any atom is -0.465 e. The van der Waals surface area contributed by atoms with Gasteiger partial charge < -0.3 is 19.5 Å². The van der Waals surface area contributed by atoms with Gasteiger partial charge in [0.1, 0.15) is 18.8 Å². The summed E-state index contributed by atoms with van der Waals surface area (Å²) in [6, 6.07) is 9.46. The highest BCUT2D eigenvalue weighted by atomic mass is 16.6. The Morgan fingerprint density at radius 3 is 2.33 bits per heavy atom. The summed E-state index contributed by atoms with van der Waals surface area (Å²) in [4.78, 5) is 37.1. The van der Waals surface area contributed by atoms with Gasteiger partial charge in [0, 0.05) is 13.1 Å². The van der Waals surface area contributed by atoms with Gasteiger partial charge in [-0.25, -0.2) is 9.59 Å². The van der Waals surface area contributed by atoms with Crippen LogP contribution in [0.2, 0.25) is 0 Å². The zero-order chi connectivity index (χ0) is 22.4. The molecule has 0 aliphatic heterocycles. The van der Waals surface area contributed by atoms with Crippen molar-refractivity contribution >= 4 is 18.2 Å². The summed E-state index contributed by atoms with van der Waals surface area (Å²) in [7, 11) is 0. The third-order valence-corrected chi connectivity index (χ3v) is 3.86. The van der Waals surface area contributed by atoms with Gasteiger partial charge in [-0.1, -0.05) is 30.3 Å². The van der Waals surface area contributed by atoms with E-state index in [0.29, 0.717) is 19.5 Å². The number of esters is 1. The lowest BCUT2D eigenvalue weighted by atomic mass is 10.2. The number of hydrogen-bond acceptors (Lipinski definition) is 6. The van der Waals surface area contributed by atoms with E-state index in [9.17, 15) is 14.4 Å². The zero-order valence-corrected chi connectivity index (χ0v) is 18.4. The van der Waals surface area contributed by atoms with E-state index >= 15 is 0 Å². The Hall–Kier alpha value is -2.77. The topological polar surface area (TPSA) is 94.2 Å². The molecule has 0 atom stereocenters. The van der Waals surface area contributed by atoms with Crippen LogP contribution in [0.4, 0.5) is 9.59 Å². The molecule has 0 aliphatic carbocycles. The van der Waals surface area contributed by atoms with Gasteiger partial charge in [0.2, 0.25) is 0 Å². The number of amides is 2. The Bertz CT molecular complexity index is 657. The maximum Gasteiger partial charge on any atom is 0.410 e. The molecule has 1 N–H and O–H groups in total. The number of nitrogens with one attached hydrogen (secondary N) is 1. The second-order valence-corrected chi connectivity index (χ2v) is 7.76. The largest absolute Gasteiger partial charge is 0.465 e. The summed E-state index contributed by atoms with van der Waals surface area (Å²) in [6.45, 7) is 8.21. The highest BCUT2D eigenvalue weighted by Gasteiger charge is 2.24. The average molecular weight is 423 g/mol. The van der Waals surface area contributed by atoms with Crippen molar-refractivity contribution in [1.82, 2.24) is 10.2 Å². The first-order valence-corrected chi connectivity index (χ1v) is 10.3. The molecule has 0 radical (unpaired) electrons. The van der Waals surface area contributed by atoms with Crippen LogP contribution in [0.1, 0.15) is 52.5 Å². The SMILES string of the molecule is CCOC(=O)CN(CCCCCNC(=O)OCc1ccccc1)C(=O)OC(C)(C)C. The van der Waals surface area contributed by atoms with Crippen LogP contribution in [0.15, 0.2) is 30.3 Å². The van der Waals surface area contributed by atoms with Crippen molar-refractivity contribution in [2.45, 2.75) is 59.2 Å². The molecule has 0 aliphatic rings. The van der Waals surface area contributed by atoms with Crippen molar-refractivity contribution < 1.29 is 28.6 Å². The maximum absolute atomic E-state index is 12.3. The van der Waals surface area contributed by atoms with E-state index < -0.39 is 23.8 Å². The molecule has 2 amide bonds. The molecule has 8 heteroatoms. The van der Waals surface area contributed by atoms with Gasteiger partial charge >= 0.3 is 18.2 Å². The second kappa shape index (κ2) is 13.5. The minimum absolute atomic E-state index is 0.146. The Balaban J connectivity index is 2.28. The Morgan fingerprint density at radius 1 is 1.00 bits per heavy atom. The number of alkyl carbamates (subject to hydrolysis) is 1. The van der Waals surface area contributed by atoms with Crippen LogP contribution in [0.3, 0.4) is 0 Å². The number of carbonyl (C=O) groups excluding carboxylic acids is 3. The van der Waals surface area contributed by atoms with E-state index in [1.807, 2.05) is 30.3 Å². The molecule has 0 heterocycles. The number of hydrogen-bond donors (Lipinski definition) is 1. The molecule has 1 rings (SSSR count). The molecule has 0 saturated carbocycles. The van der Waals surface area contributed by atoms with Crippen LogP contribution in [0.5, 0.6) is 0 Å². The van der Waals surface area contributed by atoms with Crippen molar-refractivity contribution in [3.8, 4) is 0 Å². The van der Waals surface area contributed by atoms with Gasteiger partial charge in [-0.05, 0) is 52.5 Å². The van der Waals surface area contributed by atoms with Gasteiger partial charge in [0.05, 0.1) is 6.61 Å². The number of carbonyl (C=O) groups is 3. The van der Waals surface area contributed by atoms with Crippen molar-refractivity contribution in [2.75, 3.05) is 26.2 Å². The van der Waals surface area contributed by atoms with Crippen molar-refractivity contribution in [3.05, 3.63) is 35.9 Å². The van der Waals surface area contributed by atoms with Crippen molar-refractivity contribution in [1.29, 1.82) is 0 Å². The first kappa shape index (κ1) is 25.3. The fraction of sp³-hybridized carbons (Fsp3) is 0.591. The fourth-order valence-electron chi connectivity index (χ4n) is 2.49. The highest BCUT2D eigenvalue weighted by Crippen LogP contribution is 2.11. The van der Waals surface area contributed by atoms with Gasteiger partial charge in [0.15, 0.2) is 0 Å². The van der Waals surface area contributed by atoms with E-state index in [-0.39, 0.29) is 19.8 Å². The van der Waals surface area contributed by atoms with Crippen molar-refractivity contribution in [3.63, 3.8) is 0 Å². The maximum atomic E-state index is 12.3. The zero-order valence-electron chi connectivity index (χ0n) is 18.4. The molecule has 1 aromatic carbocycles. The normalized spacial score (nSPS) is 10.8. The highest BCUT2D eigenvalue weighted by molar-refractivity contribution is 5.78. The van der Waals surface area contributed by atoms with Crippen molar-refractivity contribution in [2.24, 2.45) is 0 Å². The number of rotatable bonds is 11. The van der Waals surface area contributed by atoms with Gasteiger partial charge in [-0.3, -0.25) is 9.69 Å². The summed E-state index contributed by atoms with van der Waals surface area (Å²) in [5.41, 5.74) is 0.282. The average Bonchev–Trinajstić information content (AvgIpc) is 2.67. The van der Waals surface area contributed by atoms with Crippen LogP contribution in [-0.2, 0) is 25.6 Å². The number of nitrogens with zero attached hydrogens (tertiary/aromatic N) is 1. The lowest BCUT2D eigenvalue weighted by Crippen LogP contribution is -2.41. The van der Waals surface area contributed by atoms with Gasteiger partial charge in [0.25, 0.3) is 0 Å². The number of benzene rings is 1. The minimum atomic E-state index is -0.645. The van der Waals surface area contributed by atoms with E-state index in [2.05, 4.69) is 5.32 Å². The van der Waals surface area contributed by atoms with E-state index in [4.69, 9.17) is 14.2 Å². The summed E-state index contributed by atoms with van der Waals surface area (Å²) in [6.07, 6.45) is 1.15. The van der Waals surface area contributed by atoms with Crippen LogP contribution in [0, 0.1) is 0 Å². The molecule has 0 aromatic heterocycles. The molecular formula is C22H34N2O6. The predicted molar refractivity (Wildman–Crippen MR) is 113 cm³/mol. The van der Waals surface area contributed by atoms with Crippen LogP contribution >= 0.6 is 0 Å². The Morgan fingerprint density at radius 2 is 1.70 bits per heavy atom. The lowest BCUT2D eigenvalue weighted by Gasteiger charge is -2.26. The molecule has 0 saturated heterocycles. The monoisotopic (exact) mass is 422 g/mol. The molecule has 0 unspecified atom stereocenters. The fourth-order valence-corrected chi connectivity index (χ4v) is 2.49. The molecule has 1 aromatic rings. The molecule has 0 bridgehead atoms. The molecule has 30 heavy (non-hydrogen) atoms. The summed E-state index contributed by atoms with van der Waals surface area (Å²) < 4.78 is 15.4. The summed E-state index contributed by atoms with van der Waals surface area (Å²) in [5, 5.41) is 2.70. The predicted octanol–water partition coefficient (Wildman–Crippen LogP) is 3.88. The summed E-state index contributed by atoms with van der Waals surface area (Å²) in [5.74, 6) is -0.466. The third kappa shape index (κ3) is 11.9. The number of unbranched alkanes of at least 4 members (excludes halogenated alkanes) is 2. The first-order valence-electron chi connectivity index (χ1n) is 10.3. The third-order valence-electron chi connectivity index (χ3n) is 3.86. The smallest absolute Gasteiger partial charge is 0.410 e. The molecule has 0 spiro atoms. The van der Waals surface area contributed by atoms with Gasteiger partial charge in [-0.2, -0.15) is 0 Å². The standard InChI is InChI=1S/C22H34N2O6/c1-5-28-19(25)16-24(21(27)30-22(2,3)4)15-11-7-10-14-23-20(26)29-17-18-12-8-6-9-13-18/h6,8-9,12-13H,5,7,10-11,14-17H2,1-4H3,(H,23,26). The van der Waals surface area contributed by atoms with Crippen LogP contribution in [-0.4, -0.2) is 54.9 Å². The quantitative estimate of drug-likeness (QED) is 0.330.